The average Bonchev–Trinajstić information content (AvgIpc) is 2.20. The molecule has 4 heteroatoms. The van der Waals surface area contributed by atoms with Crippen LogP contribution in [0, 0.1) is 6.92 Å². The lowest BCUT2D eigenvalue weighted by Crippen LogP contribution is -2.05. The van der Waals surface area contributed by atoms with Crippen LogP contribution in [0.3, 0.4) is 0 Å². The molecule has 0 unspecified atom stereocenters. The molecular formula is C11H15NO2S. The van der Waals surface area contributed by atoms with Crippen molar-refractivity contribution in [3.8, 4) is 5.75 Å². The maximum atomic E-state index is 10.4. The quantitative estimate of drug-likeness (QED) is 0.783. The van der Waals surface area contributed by atoms with Gasteiger partial charge in [0.15, 0.2) is 0 Å². The van der Waals surface area contributed by atoms with Crippen molar-refractivity contribution in [2.75, 3.05) is 12.4 Å². The van der Waals surface area contributed by atoms with Crippen LogP contribution < -0.4 is 10.5 Å². The smallest absolute Gasteiger partial charge is 0.276 e. The highest BCUT2D eigenvalue weighted by Crippen LogP contribution is 2.16. The first kappa shape index (κ1) is 11.9. The summed E-state index contributed by atoms with van der Waals surface area (Å²) < 4.78 is 5.55. The summed E-state index contributed by atoms with van der Waals surface area (Å²) >= 11 is 1.13. The fourth-order valence-corrected chi connectivity index (χ4v) is 1.60. The summed E-state index contributed by atoms with van der Waals surface area (Å²) in [5.74, 6) is 1.61. The Bertz CT molecular complexity index is 328. The van der Waals surface area contributed by atoms with Gasteiger partial charge in [0.1, 0.15) is 5.75 Å². The zero-order valence-corrected chi connectivity index (χ0v) is 9.55. The van der Waals surface area contributed by atoms with E-state index in [1.807, 2.05) is 31.2 Å². The molecule has 0 aliphatic rings. The first-order valence-electron chi connectivity index (χ1n) is 4.81. The van der Waals surface area contributed by atoms with Gasteiger partial charge in [-0.2, -0.15) is 0 Å². The number of hydrogen-bond donors (Lipinski definition) is 1. The molecule has 1 aromatic carbocycles. The van der Waals surface area contributed by atoms with Crippen molar-refractivity contribution < 1.29 is 9.53 Å². The van der Waals surface area contributed by atoms with Gasteiger partial charge in [0.2, 0.25) is 0 Å². The van der Waals surface area contributed by atoms with Crippen molar-refractivity contribution in [3.63, 3.8) is 0 Å². The third-order valence-electron chi connectivity index (χ3n) is 1.88. The highest BCUT2D eigenvalue weighted by Gasteiger charge is 1.98. The maximum absolute atomic E-state index is 10.4. The largest absolute Gasteiger partial charge is 0.493 e. The summed E-state index contributed by atoms with van der Waals surface area (Å²) in [5, 5.41) is -0.328. The van der Waals surface area contributed by atoms with E-state index in [1.54, 1.807) is 0 Å². The molecule has 0 radical (unpaired) electrons. The predicted octanol–water partition coefficient (Wildman–Crippen LogP) is 2.58. The van der Waals surface area contributed by atoms with Crippen LogP contribution in [-0.2, 0) is 0 Å². The maximum Gasteiger partial charge on any atom is 0.276 e. The van der Waals surface area contributed by atoms with Gasteiger partial charge in [-0.25, -0.2) is 0 Å². The Morgan fingerprint density at radius 1 is 1.47 bits per heavy atom. The molecule has 0 aromatic heterocycles. The van der Waals surface area contributed by atoms with E-state index in [-0.39, 0.29) is 5.24 Å². The number of carbonyl (C=O) groups excluding carboxylic acids is 1. The number of rotatable bonds is 5. The fourth-order valence-electron chi connectivity index (χ4n) is 1.13. The first-order valence-corrected chi connectivity index (χ1v) is 5.79. The summed E-state index contributed by atoms with van der Waals surface area (Å²) in [6, 6.07) is 7.87. The zero-order chi connectivity index (χ0) is 11.1. The Morgan fingerprint density at radius 2 is 2.20 bits per heavy atom. The third kappa shape index (κ3) is 4.74. The van der Waals surface area contributed by atoms with E-state index in [0.29, 0.717) is 12.4 Å². The Labute approximate surface area is 94.0 Å². The lowest BCUT2D eigenvalue weighted by Gasteiger charge is -2.07. The van der Waals surface area contributed by atoms with Crippen molar-refractivity contribution in [2.24, 2.45) is 5.73 Å². The average molecular weight is 225 g/mol. The van der Waals surface area contributed by atoms with E-state index < -0.39 is 0 Å². The Morgan fingerprint density at radius 3 is 2.87 bits per heavy atom. The Kier molecular flexibility index (Phi) is 5.04. The number of aryl methyl sites for hydroxylation is 1. The standard InChI is InChI=1S/C11H15NO2S/c1-9-5-2-3-6-10(9)14-7-4-8-15-11(12)13/h2-3,5-6H,4,7-8H2,1H3,(H2,12,13). The van der Waals surface area contributed by atoms with Crippen LogP contribution in [0.4, 0.5) is 4.79 Å². The SMILES string of the molecule is Cc1ccccc1OCCCSC(N)=O. The van der Waals surface area contributed by atoms with Gasteiger partial charge in [-0.3, -0.25) is 4.79 Å². The predicted molar refractivity (Wildman–Crippen MR) is 63.3 cm³/mol. The van der Waals surface area contributed by atoms with E-state index in [4.69, 9.17) is 10.5 Å². The fraction of sp³-hybridized carbons (Fsp3) is 0.364. The van der Waals surface area contributed by atoms with Gasteiger partial charge < -0.3 is 10.5 Å². The van der Waals surface area contributed by atoms with Gasteiger partial charge in [-0.1, -0.05) is 30.0 Å². The van der Waals surface area contributed by atoms with E-state index in [0.717, 1.165) is 29.5 Å². The van der Waals surface area contributed by atoms with Crippen molar-refractivity contribution >= 4 is 17.0 Å². The number of thioether (sulfide) groups is 1. The molecule has 1 rings (SSSR count). The molecular weight excluding hydrogens is 210 g/mol. The highest BCUT2D eigenvalue weighted by atomic mass is 32.2. The summed E-state index contributed by atoms with van der Waals surface area (Å²) in [7, 11) is 0. The van der Waals surface area contributed by atoms with Gasteiger partial charge in [0.05, 0.1) is 6.61 Å². The van der Waals surface area contributed by atoms with Crippen molar-refractivity contribution in [1.82, 2.24) is 0 Å². The third-order valence-corrected chi connectivity index (χ3v) is 2.66. The van der Waals surface area contributed by atoms with Crippen LogP contribution in [0.2, 0.25) is 0 Å². The molecule has 0 spiro atoms. The summed E-state index contributed by atoms with van der Waals surface area (Å²) in [5.41, 5.74) is 6.12. The number of primary amides is 1. The summed E-state index contributed by atoms with van der Waals surface area (Å²) in [4.78, 5) is 10.4. The molecule has 0 saturated carbocycles. The minimum atomic E-state index is -0.328. The molecule has 1 aromatic rings. The lowest BCUT2D eigenvalue weighted by atomic mass is 10.2. The lowest BCUT2D eigenvalue weighted by molar-refractivity contribution is 0.267. The molecule has 1 amide bonds. The number of benzene rings is 1. The van der Waals surface area contributed by atoms with Gasteiger partial charge in [-0.05, 0) is 25.0 Å². The van der Waals surface area contributed by atoms with Crippen molar-refractivity contribution in [1.29, 1.82) is 0 Å². The Hall–Kier alpha value is -1.16. The minimum absolute atomic E-state index is 0.328. The number of para-hydroxylation sites is 1. The first-order chi connectivity index (χ1) is 7.20. The molecule has 0 fully saturated rings. The molecule has 15 heavy (non-hydrogen) atoms. The zero-order valence-electron chi connectivity index (χ0n) is 8.73. The number of nitrogens with two attached hydrogens (primary N) is 1. The van der Waals surface area contributed by atoms with Crippen molar-refractivity contribution in [2.45, 2.75) is 13.3 Å². The van der Waals surface area contributed by atoms with Crippen LogP contribution in [-0.4, -0.2) is 17.6 Å². The molecule has 0 aliphatic heterocycles. The minimum Gasteiger partial charge on any atom is -0.493 e. The second kappa shape index (κ2) is 6.35. The summed E-state index contributed by atoms with van der Waals surface area (Å²) in [6.07, 6.45) is 0.821. The van der Waals surface area contributed by atoms with Gasteiger partial charge in [0, 0.05) is 5.75 Å². The van der Waals surface area contributed by atoms with Crippen molar-refractivity contribution in [3.05, 3.63) is 29.8 Å². The normalized spacial score (nSPS) is 9.93. The van der Waals surface area contributed by atoms with Crippen LogP contribution >= 0.6 is 11.8 Å². The van der Waals surface area contributed by atoms with Crippen LogP contribution in [0.15, 0.2) is 24.3 Å². The molecule has 82 valence electrons. The molecule has 0 atom stereocenters. The second-order valence-corrected chi connectivity index (χ2v) is 4.23. The van der Waals surface area contributed by atoms with Gasteiger partial charge in [0.25, 0.3) is 5.24 Å². The van der Waals surface area contributed by atoms with Crippen LogP contribution in [0.5, 0.6) is 5.75 Å². The topological polar surface area (TPSA) is 52.3 Å². The monoisotopic (exact) mass is 225 g/mol. The molecule has 0 aliphatic carbocycles. The van der Waals surface area contributed by atoms with Crippen LogP contribution in [0.25, 0.3) is 0 Å². The van der Waals surface area contributed by atoms with E-state index in [2.05, 4.69) is 0 Å². The van der Waals surface area contributed by atoms with E-state index in [1.165, 1.54) is 0 Å². The number of carbonyl (C=O) groups is 1. The molecule has 2 N–H and O–H groups in total. The van der Waals surface area contributed by atoms with Crippen LogP contribution in [0.1, 0.15) is 12.0 Å². The number of hydrogen-bond acceptors (Lipinski definition) is 3. The molecule has 0 saturated heterocycles. The number of amides is 1. The van der Waals surface area contributed by atoms with E-state index in [9.17, 15) is 4.79 Å². The molecule has 0 heterocycles. The number of ether oxygens (including phenoxy) is 1. The van der Waals surface area contributed by atoms with Gasteiger partial charge >= 0.3 is 0 Å². The highest BCUT2D eigenvalue weighted by molar-refractivity contribution is 8.13. The molecule has 0 bridgehead atoms. The van der Waals surface area contributed by atoms with E-state index >= 15 is 0 Å². The Balaban J connectivity index is 2.21. The van der Waals surface area contributed by atoms with Gasteiger partial charge in [-0.15, -0.1) is 0 Å². The second-order valence-electron chi connectivity index (χ2n) is 3.14. The molecule has 3 nitrogen and oxygen atoms in total. The summed E-state index contributed by atoms with van der Waals surface area (Å²) in [6.45, 7) is 2.62.